The van der Waals surface area contributed by atoms with Gasteiger partial charge in [0.05, 0.1) is 6.17 Å². The minimum absolute atomic E-state index is 0.472. The van der Waals surface area contributed by atoms with Crippen molar-refractivity contribution in [3.63, 3.8) is 0 Å². The Balaban J connectivity index is 2.14. The van der Waals surface area contributed by atoms with E-state index in [4.69, 9.17) is 0 Å². The van der Waals surface area contributed by atoms with Crippen LogP contribution in [0.3, 0.4) is 0 Å². The Hall–Kier alpha value is -0.0800. The molecule has 1 aliphatic rings. The van der Waals surface area contributed by atoms with Crippen LogP contribution < -0.4 is 10.6 Å². The highest BCUT2D eigenvalue weighted by molar-refractivity contribution is 4.68. The van der Waals surface area contributed by atoms with E-state index in [2.05, 4.69) is 10.6 Å². The second-order valence-electron chi connectivity index (χ2n) is 1.85. The summed E-state index contributed by atoms with van der Waals surface area (Å²) < 4.78 is 0. The van der Waals surface area contributed by atoms with E-state index >= 15 is 0 Å². The first-order chi connectivity index (χ1) is 3.43. The molecule has 2 heteroatoms. The van der Waals surface area contributed by atoms with E-state index in [0.29, 0.717) is 6.17 Å². The van der Waals surface area contributed by atoms with Gasteiger partial charge in [-0.25, -0.2) is 5.32 Å². The van der Waals surface area contributed by atoms with Gasteiger partial charge in [0.2, 0.25) is 0 Å². The maximum atomic E-state index is 4.24. The summed E-state index contributed by atoms with van der Waals surface area (Å²) in [6.45, 7) is 1.06. The number of nitrogens with zero attached hydrogens (tertiary/aromatic N) is 1. The Morgan fingerprint density at radius 1 is 1.71 bits per heavy atom. The second kappa shape index (κ2) is 2.28. The van der Waals surface area contributed by atoms with Gasteiger partial charge in [0.1, 0.15) is 0 Å². The summed E-state index contributed by atoms with van der Waals surface area (Å²) in [6.07, 6.45) is 2.97. The number of nitrogens with one attached hydrogen (secondary N) is 1. The molecule has 1 N–H and O–H groups in total. The number of hydrogen-bond acceptors (Lipinski definition) is 1. The van der Waals surface area contributed by atoms with Crippen molar-refractivity contribution in [1.82, 2.24) is 10.6 Å². The molecule has 0 spiro atoms. The molecule has 7 heavy (non-hydrogen) atoms. The van der Waals surface area contributed by atoms with Crippen LogP contribution in [0.25, 0.3) is 0 Å². The highest BCUT2D eigenvalue weighted by Crippen LogP contribution is 2.01. The molecular formula is C5H11N2. The maximum Gasteiger partial charge on any atom is 0.0733 e. The summed E-state index contributed by atoms with van der Waals surface area (Å²) in [4.78, 5) is 0. The summed E-state index contributed by atoms with van der Waals surface area (Å²) in [5.41, 5.74) is 0. The van der Waals surface area contributed by atoms with Crippen LogP contribution in [0.5, 0.6) is 0 Å². The fourth-order valence-corrected chi connectivity index (χ4v) is 0.859. The predicted molar refractivity (Wildman–Crippen MR) is 29.1 cm³/mol. The average molecular weight is 99.2 g/mol. The van der Waals surface area contributed by atoms with Gasteiger partial charge in [0.25, 0.3) is 0 Å². The minimum Gasteiger partial charge on any atom is -0.304 e. The van der Waals surface area contributed by atoms with Gasteiger partial charge in [-0.2, -0.15) is 0 Å². The van der Waals surface area contributed by atoms with Gasteiger partial charge in [-0.3, -0.25) is 0 Å². The summed E-state index contributed by atoms with van der Waals surface area (Å²) in [6, 6.07) is 0. The van der Waals surface area contributed by atoms with Gasteiger partial charge in [-0.1, -0.05) is 0 Å². The second-order valence-corrected chi connectivity index (χ2v) is 1.85. The fraction of sp³-hybridized carbons (Fsp3) is 1.00. The van der Waals surface area contributed by atoms with Crippen LogP contribution in [-0.2, 0) is 0 Å². The molecule has 1 saturated heterocycles. The molecule has 1 aliphatic heterocycles. The van der Waals surface area contributed by atoms with Crippen molar-refractivity contribution < 1.29 is 0 Å². The minimum atomic E-state index is 0.472. The summed E-state index contributed by atoms with van der Waals surface area (Å²) in [5.74, 6) is 0. The smallest absolute Gasteiger partial charge is 0.0733 e. The van der Waals surface area contributed by atoms with Crippen molar-refractivity contribution in [2.75, 3.05) is 13.6 Å². The molecule has 1 unspecified atom stereocenters. The van der Waals surface area contributed by atoms with Crippen LogP contribution in [0.15, 0.2) is 0 Å². The van der Waals surface area contributed by atoms with Crippen LogP contribution in [0.4, 0.5) is 0 Å². The monoisotopic (exact) mass is 99.1 g/mol. The lowest BCUT2D eigenvalue weighted by Gasteiger charge is -2.02. The van der Waals surface area contributed by atoms with E-state index in [9.17, 15) is 0 Å². The highest BCUT2D eigenvalue weighted by Gasteiger charge is 2.11. The van der Waals surface area contributed by atoms with Crippen molar-refractivity contribution in [3.8, 4) is 0 Å². The fourth-order valence-electron chi connectivity index (χ4n) is 0.859. The molecular weight excluding hydrogens is 88.1 g/mol. The Morgan fingerprint density at radius 2 is 2.57 bits per heavy atom. The molecule has 1 rings (SSSR count). The summed E-state index contributed by atoms with van der Waals surface area (Å²) in [7, 11) is 1.96. The van der Waals surface area contributed by atoms with Gasteiger partial charge in [0, 0.05) is 6.54 Å². The standard InChI is InChI=1S/C5H11N2/c1-6-5-3-2-4-7-5/h5-6H,2-4H2,1H3. The zero-order chi connectivity index (χ0) is 5.11. The van der Waals surface area contributed by atoms with E-state index in [1.165, 1.54) is 12.8 Å². The number of rotatable bonds is 1. The third-order valence-electron chi connectivity index (χ3n) is 1.32. The van der Waals surface area contributed by atoms with E-state index < -0.39 is 0 Å². The topological polar surface area (TPSA) is 26.1 Å². The van der Waals surface area contributed by atoms with Crippen LogP contribution >= 0.6 is 0 Å². The molecule has 2 nitrogen and oxygen atoms in total. The first kappa shape index (κ1) is 5.06. The van der Waals surface area contributed by atoms with Crippen molar-refractivity contribution in [2.24, 2.45) is 0 Å². The SMILES string of the molecule is CNC1CCC[N]1. The van der Waals surface area contributed by atoms with Gasteiger partial charge >= 0.3 is 0 Å². The van der Waals surface area contributed by atoms with Gasteiger partial charge in [0.15, 0.2) is 0 Å². The zero-order valence-electron chi connectivity index (χ0n) is 4.65. The van der Waals surface area contributed by atoms with E-state index in [0.717, 1.165) is 6.54 Å². The lowest BCUT2D eigenvalue weighted by molar-refractivity contribution is 0.522. The van der Waals surface area contributed by atoms with Crippen LogP contribution in [0.2, 0.25) is 0 Å². The molecule has 0 aromatic carbocycles. The Bertz CT molecular complexity index is 48.0. The lowest BCUT2D eigenvalue weighted by Crippen LogP contribution is -2.28. The van der Waals surface area contributed by atoms with Crippen LogP contribution in [0, 0.1) is 0 Å². The molecule has 0 aromatic heterocycles. The molecule has 1 radical (unpaired) electrons. The third kappa shape index (κ3) is 1.14. The quantitative estimate of drug-likeness (QED) is 0.489. The van der Waals surface area contributed by atoms with E-state index in [-0.39, 0.29) is 0 Å². The summed E-state index contributed by atoms with van der Waals surface area (Å²) in [5, 5.41) is 7.34. The molecule has 1 heterocycles. The average Bonchev–Trinajstić information content (AvgIpc) is 2.14. The van der Waals surface area contributed by atoms with E-state index in [1.807, 2.05) is 7.05 Å². The normalized spacial score (nSPS) is 31.3. The zero-order valence-corrected chi connectivity index (χ0v) is 4.65. The van der Waals surface area contributed by atoms with Crippen molar-refractivity contribution >= 4 is 0 Å². The summed E-state index contributed by atoms with van der Waals surface area (Å²) >= 11 is 0. The molecule has 1 fully saturated rings. The van der Waals surface area contributed by atoms with Crippen LogP contribution in [-0.4, -0.2) is 19.8 Å². The molecule has 41 valence electrons. The Kier molecular flexibility index (Phi) is 1.65. The molecule has 0 saturated carbocycles. The van der Waals surface area contributed by atoms with Gasteiger partial charge in [-0.05, 0) is 19.9 Å². The largest absolute Gasteiger partial charge is 0.304 e. The number of hydrogen-bond donors (Lipinski definition) is 1. The first-order valence-electron chi connectivity index (χ1n) is 2.77. The van der Waals surface area contributed by atoms with Gasteiger partial charge < -0.3 is 5.32 Å². The molecule has 0 aliphatic carbocycles. The molecule has 1 atom stereocenters. The van der Waals surface area contributed by atoms with Crippen LogP contribution in [0.1, 0.15) is 12.8 Å². The molecule has 0 bridgehead atoms. The Labute approximate surface area is 44.3 Å². The highest BCUT2D eigenvalue weighted by atomic mass is 15.1. The maximum absolute atomic E-state index is 4.24. The van der Waals surface area contributed by atoms with Crippen molar-refractivity contribution in [2.45, 2.75) is 19.0 Å². The van der Waals surface area contributed by atoms with E-state index in [1.54, 1.807) is 0 Å². The first-order valence-corrected chi connectivity index (χ1v) is 2.77. The van der Waals surface area contributed by atoms with Crippen molar-refractivity contribution in [3.05, 3.63) is 0 Å². The molecule has 0 aromatic rings. The lowest BCUT2D eigenvalue weighted by atomic mass is 10.3. The molecule has 0 amide bonds. The Morgan fingerprint density at radius 3 is 2.86 bits per heavy atom. The predicted octanol–water partition coefficient (Wildman–Crippen LogP) is -0.0699. The van der Waals surface area contributed by atoms with Gasteiger partial charge in [-0.15, -0.1) is 0 Å². The van der Waals surface area contributed by atoms with Crippen molar-refractivity contribution in [1.29, 1.82) is 0 Å². The third-order valence-corrected chi connectivity index (χ3v) is 1.32.